The third-order valence-corrected chi connectivity index (χ3v) is 9.31. The number of nitrogens with zero attached hydrogens (tertiary/aromatic N) is 5. The third kappa shape index (κ3) is 4.75. The maximum absolute atomic E-state index is 12.9. The number of β-lactam (4-membered cyclic amide) rings is 1. The Balaban J connectivity index is 1.31. The number of carboxylic acids is 1. The molecule has 2 aliphatic rings. The van der Waals surface area contributed by atoms with Crippen LogP contribution in [-0.4, -0.2) is 70.8 Å². The fourth-order valence-corrected chi connectivity index (χ4v) is 7.42. The van der Waals surface area contributed by atoms with Crippen LogP contribution < -0.4 is 16.5 Å². The van der Waals surface area contributed by atoms with Crippen LogP contribution in [0.25, 0.3) is 10.3 Å². The summed E-state index contributed by atoms with van der Waals surface area (Å²) in [6.45, 7) is 0. The molecule has 3 aromatic rings. The smallest absolute Gasteiger partial charge is 0.352 e. The van der Waals surface area contributed by atoms with E-state index in [1.165, 1.54) is 58.7 Å². The number of nitrogens with two attached hydrogens (primary N) is 1. The van der Waals surface area contributed by atoms with Crippen molar-refractivity contribution in [1.29, 1.82) is 0 Å². The molecule has 3 aromatic heterocycles. The van der Waals surface area contributed by atoms with Gasteiger partial charge in [-0.3, -0.25) is 19.3 Å². The maximum atomic E-state index is 12.9. The van der Waals surface area contributed by atoms with E-state index in [9.17, 15) is 29.5 Å². The van der Waals surface area contributed by atoms with Gasteiger partial charge in [-0.05, 0) is 17.1 Å². The molecular weight excluding hydrogens is 575 g/mol. The predicted octanol–water partition coefficient (Wildman–Crippen LogP) is 1.31. The average molecular weight is 590 g/mol. The number of fused-ring (bicyclic) bond motifs is 2. The lowest BCUT2D eigenvalue weighted by Crippen LogP contribution is -2.71. The fraction of sp³-hybridized carbons (Fsp3) is 0.143. The van der Waals surface area contributed by atoms with Crippen molar-refractivity contribution in [2.45, 2.75) is 15.6 Å². The van der Waals surface area contributed by atoms with Gasteiger partial charge in [0.1, 0.15) is 33.2 Å². The van der Waals surface area contributed by atoms with E-state index >= 15 is 0 Å². The zero-order chi connectivity index (χ0) is 27.0. The van der Waals surface area contributed by atoms with E-state index in [0.717, 1.165) is 16.2 Å². The Bertz CT molecular complexity index is 1630. The normalized spacial score (nSPS) is 19.5. The van der Waals surface area contributed by atoms with Crippen LogP contribution >= 0.6 is 46.2 Å². The second-order valence-electron chi connectivity index (χ2n) is 7.62. The van der Waals surface area contributed by atoms with Gasteiger partial charge in [-0.25, -0.2) is 19.7 Å². The Labute approximate surface area is 229 Å². The van der Waals surface area contributed by atoms with Gasteiger partial charge < -0.3 is 21.4 Å². The number of oxime groups is 1. The molecule has 1 unspecified atom stereocenters. The molecule has 2 amide bonds. The molecule has 38 heavy (non-hydrogen) atoms. The van der Waals surface area contributed by atoms with Crippen molar-refractivity contribution in [1.82, 2.24) is 25.2 Å². The molecule has 2 aliphatic heterocycles. The van der Waals surface area contributed by atoms with E-state index in [2.05, 4.69) is 25.4 Å². The van der Waals surface area contributed by atoms with Crippen LogP contribution in [0.1, 0.15) is 5.69 Å². The second kappa shape index (κ2) is 10.5. The molecule has 5 heterocycles. The molecule has 5 N–H and O–H groups in total. The van der Waals surface area contributed by atoms with Gasteiger partial charge in [0.2, 0.25) is 5.43 Å². The van der Waals surface area contributed by atoms with Crippen LogP contribution in [0.15, 0.2) is 60.8 Å². The van der Waals surface area contributed by atoms with Gasteiger partial charge in [-0.1, -0.05) is 16.9 Å². The molecule has 17 heteroatoms. The largest absolute Gasteiger partial charge is 0.477 e. The first-order valence-electron chi connectivity index (χ1n) is 10.5. The number of nitrogens with one attached hydrogen (secondary N) is 1. The van der Waals surface area contributed by atoms with E-state index in [4.69, 9.17) is 5.73 Å². The molecule has 13 nitrogen and oxygen atoms in total. The number of nitrogen functional groups attached to an aromatic ring is 1. The summed E-state index contributed by atoms with van der Waals surface area (Å²) >= 11 is 4.81. The first-order chi connectivity index (χ1) is 18.3. The molecule has 1 saturated heterocycles. The van der Waals surface area contributed by atoms with Crippen molar-refractivity contribution >= 4 is 85.2 Å². The molecule has 194 valence electrons. The summed E-state index contributed by atoms with van der Waals surface area (Å²) in [6, 6.07) is 0.413. The number of anilines is 1. The maximum Gasteiger partial charge on any atom is 0.352 e. The molecule has 0 bridgehead atoms. The van der Waals surface area contributed by atoms with Crippen molar-refractivity contribution in [2.75, 3.05) is 11.5 Å². The first kappa shape index (κ1) is 25.8. The molecule has 2 atom stereocenters. The number of carbonyl (C=O) groups is 3. The molecular formula is C21H15N7O6S4. The number of carbonyl (C=O) groups excluding carboxylic acids is 2. The Kier molecular flexibility index (Phi) is 7.15. The number of allylic oxidation sites excluding steroid dienone is 1. The minimum atomic E-state index is -1.29. The van der Waals surface area contributed by atoms with E-state index in [0.29, 0.717) is 14.6 Å². The van der Waals surface area contributed by atoms with E-state index in [1.807, 2.05) is 0 Å². The number of carboxylic acid groups (broad SMARTS) is 1. The molecule has 0 saturated carbocycles. The summed E-state index contributed by atoms with van der Waals surface area (Å²) in [5, 5.41) is 27.2. The monoisotopic (exact) mass is 589 g/mol. The molecule has 1 fully saturated rings. The summed E-state index contributed by atoms with van der Waals surface area (Å²) in [5.41, 5.74) is 5.41. The Hall–Kier alpha value is -3.80. The van der Waals surface area contributed by atoms with E-state index in [1.54, 1.807) is 11.5 Å². The lowest BCUT2D eigenvalue weighted by Gasteiger charge is -2.49. The lowest BCUT2D eigenvalue weighted by atomic mass is 10.0. The number of aliphatic carboxylic acids is 1. The highest BCUT2D eigenvalue weighted by atomic mass is 32.2. The highest BCUT2D eigenvalue weighted by Gasteiger charge is 2.54. The number of thioether (sulfide) groups is 2. The van der Waals surface area contributed by atoms with Gasteiger partial charge in [-0.2, -0.15) is 0 Å². The van der Waals surface area contributed by atoms with Gasteiger partial charge in [0.15, 0.2) is 10.8 Å². The van der Waals surface area contributed by atoms with Crippen LogP contribution in [0.2, 0.25) is 0 Å². The van der Waals surface area contributed by atoms with Crippen molar-refractivity contribution in [3.05, 3.63) is 62.5 Å². The van der Waals surface area contributed by atoms with Gasteiger partial charge in [0.25, 0.3) is 11.8 Å². The van der Waals surface area contributed by atoms with Crippen LogP contribution in [0.4, 0.5) is 5.13 Å². The second-order valence-corrected chi connectivity index (χ2v) is 11.9. The van der Waals surface area contributed by atoms with Crippen LogP contribution in [0.5, 0.6) is 0 Å². The number of amides is 2. The summed E-state index contributed by atoms with van der Waals surface area (Å²) in [4.78, 5) is 63.6. The number of hydrogen-bond donors (Lipinski definition) is 4. The highest BCUT2D eigenvalue weighted by Crippen LogP contribution is 2.41. The zero-order valence-corrected chi connectivity index (χ0v) is 22.1. The van der Waals surface area contributed by atoms with E-state index in [-0.39, 0.29) is 33.2 Å². The van der Waals surface area contributed by atoms with Crippen LogP contribution in [0, 0.1) is 0 Å². The van der Waals surface area contributed by atoms with Crippen LogP contribution in [0.3, 0.4) is 0 Å². The summed E-state index contributed by atoms with van der Waals surface area (Å²) < 4.78 is 0.643. The number of rotatable bonds is 7. The summed E-state index contributed by atoms with van der Waals surface area (Å²) in [6.07, 6.45) is 4.52. The van der Waals surface area contributed by atoms with Crippen molar-refractivity contribution < 1.29 is 24.7 Å². The molecule has 0 spiro atoms. The first-order valence-corrected chi connectivity index (χ1v) is 14.1. The fourth-order valence-electron chi connectivity index (χ4n) is 3.70. The average Bonchev–Trinajstić information content (AvgIpc) is 3.32. The predicted molar refractivity (Wildman–Crippen MR) is 143 cm³/mol. The third-order valence-electron chi connectivity index (χ3n) is 5.36. The van der Waals surface area contributed by atoms with E-state index < -0.39 is 34.9 Å². The van der Waals surface area contributed by atoms with Crippen molar-refractivity contribution in [3.8, 4) is 0 Å². The van der Waals surface area contributed by atoms with Crippen LogP contribution in [-0.2, 0) is 14.4 Å². The van der Waals surface area contributed by atoms with Gasteiger partial charge in [0, 0.05) is 29.6 Å². The SMILES string of the molecule is Nc1nc(C(=NO)C(=O)NC2C(=O)N3C(C(=O)O)=C(C=CSc4cc(=O)c5nccnc5s4)CS[C@@H]23)cs1. The van der Waals surface area contributed by atoms with Gasteiger partial charge in [0.05, 0.1) is 4.21 Å². The van der Waals surface area contributed by atoms with Gasteiger partial charge >= 0.3 is 5.97 Å². The topological polar surface area (TPSA) is 201 Å². The highest BCUT2D eigenvalue weighted by molar-refractivity contribution is 8.04. The number of aromatic nitrogens is 3. The number of thiazole rings is 1. The van der Waals surface area contributed by atoms with Crippen molar-refractivity contribution in [3.63, 3.8) is 0 Å². The zero-order valence-electron chi connectivity index (χ0n) is 18.8. The van der Waals surface area contributed by atoms with Crippen molar-refractivity contribution in [2.24, 2.45) is 5.16 Å². The summed E-state index contributed by atoms with van der Waals surface area (Å²) in [7, 11) is 0. The molecule has 0 radical (unpaired) electrons. The number of hydrogen-bond acceptors (Lipinski definition) is 14. The quantitative estimate of drug-likeness (QED) is 0.101. The molecule has 0 aromatic carbocycles. The Morgan fingerprint density at radius 1 is 1.29 bits per heavy atom. The minimum absolute atomic E-state index is 0.0481. The Morgan fingerprint density at radius 2 is 2.08 bits per heavy atom. The molecule has 5 rings (SSSR count). The summed E-state index contributed by atoms with van der Waals surface area (Å²) in [5.74, 6) is -2.51. The lowest BCUT2D eigenvalue weighted by molar-refractivity contribution is -0.150. The molecule has 0 aliphatic carbocycles. The standard InChI is InChI=1S/C21H15N7O6S4/c22-21-25-9(7-37-21)12(27-34)16(30)26-14-18(31)28-15(20(32)33)8(6-36-19(14)28)1-4-35-11-5-10(29)13-17(38-11)24-3-2-23-13/h1-5,7,14,19,34H,6H2,(H2,22,25)(H,26,30)(H,32,33)/t14?,19-/m0/s1. The van der Waals surface area contributed by atoms with Gasteiger partial charge in [-0.15, -0.1) is 34.4 Å². The minimum Gasteiger partial charge on any atom is -0.477 e. The Morgan fingerprint density at radius 3 is 2.79 bits per heavy atom.